The zero-order valence-corrected chi connectivity index (χ0v) is 18.5. The van der Waals surface area contributed by atoms with Gasteiger partial charge < -0.3 is 25.8 Å². The number of carbonyl (C=O) groups is 1. The maximum absolute atomic E-state index is 11.9. The van der Waals surface area contributed by atoms with E-state index in [4.69, 9.17) is 10.8 Å². The topological polar surface area (TPSA) is 95.3 Å². The third-order valence-electron chi connectivity index (χ3n) is 6.01. The van der Waals surface area contributed by atoms with E-state index in [-0.39, 0.29) is 11.3 Å². The van der Waals surface area contributed by atoms with Crippen LogP contribution >= 0.6 is 0 Å². The summed E-state index contributed by atoms with van der Waals surface area (Å²) >= 11 is 0. The van der Waals surface area contributed by atoms with E-state index in [1.165, 1.54) is 11.8 Å². The van der Waals surface area contributed by atoms with Crippen LogP contribution in [0.15, 0.2) is 35.7 Å². The summed E-state index contributed by atoms with van der Waals surface area (Å²) in [7, 11) is 3.71. The van der Waals surface area contributed by atoms with Gasteiger partial charge in [0.2, 0.25) is 5.91 Å². The van der Waals surface area contributed by atoms with E-state index in [0.717, 1.165) is 34.5 Å². The number of nitrogens with zero attached hydrogens (tertiary/aromatic N) is 2. The summed E-state index contributed by atoms with van der Waals surface area (Å²) in [6, 6.07) is 6.18. The van der Waals surface area contributed by atoms with Gasteiger partial charge in [-0.15, -0.1) is 0 Å². The van der Waals surface area contributed by atoms with Gasteiger partial charge in [-0.25, -0.2) is 0 Å². The number of hydrogen-bond acceptors (Lipinski definition) is 5. The van der Waals surface area contributed by atoms with Crippen molar-refractivity contribution >= 4 is 29.2 Å². The Morgan fingerprint density at radius 1 is 1.27 bits per heavy atom. The molecule has 7 heteroatoms. The Morgan fingerprint density at radius 3 is 2.60 bits per heavy atom. The lowest BCUT2D eigenvalue weighted by atomic mass is 9.85. The van der Waals surface area contributed by atoms with Crippen LogP contribution in [0.2, 0.25) is 0 Å². The van der Waals surface area contributed by atoms with Gasteiger partial charge >= 0.3 is 0 Å². The second kappa shape index (κ2) is 8.34. The predicted octanol–water partition coefficient (Wildman–Crippen LogP) is 2.70. The quantitative estimate of drug-likeness (QED) is 0.445. The minimum atomic E-state index is -0.139. The van der Waals surface area contributed by atoms with Crippen molar-refractivity contribution < 1.29 is 4.79 Å². The Balaban J connectivity index is 2.01. The van der Waals surface area contributed by atoms with Crippen LogP contribution in [0.1, 0.15) is 38.3 Å². The van der Waals surface area contributed by atoms with Gasteiger partial charge in [0.1, 0.15) is 5.84 Å². The van der Waals surface area contributed by atoms with Crippen LogP contribution in [-0.2, 0) is 10.2 Å². The number of anilines is 1. The standard InChI is InChI=1S/C23H32N6O/c1-15(30)28-9-8-20(27-5)18(13-28)22(25)29-14-23(2,3)19-10-16(6-7-21(19)29)17(11-24)12-26-4/h6-7,10-12,24-27H,8-9,13-14H2,1-5H3/b17-12+,24-11?,25-22?. The normalized spacial score (nSPS) is 18.2. The van der Waals surface area contributed by atoms with Gasteiger partial charge in [0.15, 0.2) is 0 Å². The van der Waals surface area contributed by atoms with Crippen molar-refractivity contribution in [2.45, 2.75) is 32.6 Å². The molecular weight excluding hydrogens is 376 g/mol. The average molecular weight is 409 g/mol. The molecule has 30 heavy (non-hydrogen) atoms. The molecule has 2 aliphatic heterocycles. The molecule has 1 amide bonds. The first-order valence-electron chi connectivity index (χ1n) is 10.3. The van der Waals surface area contributed by atoms with Crippen molar-refractivity contribution in [3.63, 3.8) is 0 Å². The zero-order valence-electron chi connectivity index (χ0n) is 18.5. The number of fused-ring (bicyclic) bond motifs is 1. The van der Waals surface area contributed by atoms with E-state index in [1.807, 2.05) is 32.4 Å². The Bertz CT molecular complexity index is 943. The fourth-order valence-electron chi connectivity index (χ4n) is 4.31. The molecule has 3 rings (SSSR count). The summed E-state index contributed by atoms with van der Waals surface area (Å²) in [5.41, 5.74) is 5.75. The first kappa shape index (κ1) is 21.6. The molecule has 2 heterocycles. The van der Waals surface area contributed by atoms with Crippen LogP contribution in [0.5, 0.6) is 0 Å². The van der Waals surface area contributed by atoms with Gasteiger partial charge in [-0.3, -0.25) is 10.2 Å². The number of allylic oxidation sites excluding steroid dienone is 1. The number of hydrogen-bond donors (Lipinski definition) is 4. The van der Waals surface area contributed by atoms with E-state index < -0.39 is 0 Å². The van der Waals surface area contributed by atoms with Crippen molar-refractivity contribution in [2.75, 3.05) is 38.6 Å². The second-order valence-electron chi connectivity index (χ2n) is 8.48. The summed E-state index contributed by atoms with van der Waals surface area (Å²) < 4.78 is 0. The number of amides is 1. The lowest BCUT2D eigenvalue weighted by molar-refractivity contribution is -0.128. The van der Waals surface area contributed by atoms with Crippen LogP contribution in [0, 0.1) is 10.8 Å². The molecular formula is C23H32N6O. The molecule has 1 aromatic rings. The maximum Gasteiger partial charge on any atom is 0.219 e. The number of carbonyl (C=O) groups excluding carboxylic acids is 1. The summed E-state index contributed by atoms with van der Waals surface area (Å²) in [6.07, 6.45) is 3.90. The predicted molar refractivity (Wildman–Crippen MR) is 123 cm³/mol. The highest BCUT2D eigenvalue weighted by Gasteiger charge is 2.39. The maximum atomic E-state index is 11.9. The molecule has 0 radical (unpaired) electrons. The Kier molecular flexibility index (Phi) is 6.01. The number of amidine groups is 1. The molecule has 0 spiro atoms. The fourth-order valence-corrected chi connectivity index (χ4v) is 4.31. The van der Waals surface area contributed by atoms with Gasteiger partial charge in [0.05, 0.1) is 6.54 Å². The van der Waals surface area contributed by atoms with E-state index >= 15 is 0 Å². The molecule has 0 bridgehead atoms. The van der Waals surface area contributed by atoms with E-state index in [9.17, 15) is 4.79 Å². The van der Waals surface area contributed by atoms with E-state index in [1.54, 1.807) is 11.8 Å². The lowest BCUT2D eigenvalue weighted by Gasteiger charge is -2.33. The van der Waals surface area contributed by atoms with Gasteiger partial charge in [0, 0.05) is 80.9 Å². The van der Waals surface area contributed by atoms with Crippen LogP contribution in [0.4, 0.5) is 5.69 Å². The molecule has 0 aliphatic carbocycles. The molecule has 4 N–H and O–H groups in total. The Hall–Kier alpha value is -3.09. The average Bonchev–Trinajstić information content (AvgIpc) is 3.01. The third-order valence-corrected chi connectivity index (χ3v) is 6.01. The Labute approximate surface area is 178 Å². The fraction of sp³-hybridized carbons (Fsp3) is 0.435. The van der Waals surface area contributed by atoms with Crippen LogP contribution in [0.3, 0.4) is 0 Å². The first-order chi connectivity index (χ1) is 14.2. The minimum Gasteiger partial charge on any atom is -0.393 e. The van der Waals surface area contributed by atoms with Crippen LogP contribution in [0.25, 0.3) is 5.57 Å². The van der Waals surface area contributed by atoms with Crippen molar-refractivity contribution in [3.8, 4) is 0 Å². The number of rotatable bonds is 5. The van der Waals surface area contributed by atoms with Crippen LogP contribution < -0.4 is 15.5 Å². The zero-order chi connectivity index (χ0) is 22.1. The summed E-state index contributed by atoms with van der Waals surface area (Å²) in [6.45, 7) is 7.78. The van der Waals surface area contributed by atoms with E-state index in [2.05, 4.69) is 35.4 Å². The molecule has 0 aromatic heterocycles. The Morgan fingerprint density at radius 2 is 2.00 bits per heavy atom. The number of nitrogens with one attached hydrogen (secondary N) is 4. The SMILES string of the molecule is CN/C=C(\C=N)c1ccc2c(c1)C(C)(C)CN2C(=N)C1=C(NC)CCN(C(C)=O)C1. The van der Waals surface area contributed by atoms with Crippen molar-refractivity contribution in [3.05, 3.63) is 46.8 Å². The summed E-state index contributed by atoms with van der Waals surface area (Å²) in [4.78, 5) is 15.8. The molecule has 1 aromatic carbocycles. The second-order valence-corrected chi connectivity index (χ2v) is 8.48. The summed E-state index contributed by atoms with van der Waals surface area (Å²) in [5.74, 6) is 0.487. The molecule has 160 valence electrons. The molecule has 0 atom stereocenters. The lowest BCUT2D eigenvalue weighted by Crippen LogP contribution is -2.43. The van der Waals surface area contributed by atoms with Crippen molar-refractivity contribution in [1.82, 2.24) is 15.5 Å². The number of benzene rings is 1. The van der Waals surface area contributed by atoms with Crippen LogP contribution in [-0.4, -0.2) is 56.6 Å². The monoisotopic (exact) mass is 408 g/mol. The molecule has 0 fully saturated rings. The molecule has 0 saturated heterocycles. The molecule has 2 aliphatic rings. The van der Waals surface area contributed by atoms with Crippen molar-refractivity contribution in [1.29, 1.82) is 10.8 Å². The molecule has 7 nitrogen and oxygen atoms in total. The van der Waals surface area contributed by atoms with Gasteiger partial charge in [-0.05, 0) is 23.3 Å². The van der Waals surface area contributed by atoms with Gasteiger partial charge in [0.25, 0.3) is 0 Å². The minimum absolute atomic E-state index is 0.0396. The highest BCUT2D eigenvalue weighted by atomic mass is 16.2. The third kappa shape index (κ3) is 3.84. The first-order valence-corrected chi connectivity index (χ1v) is 10.3. The summed E-state index contributed by atoms with van der Waals surface area (Å²) in [5, 5.41) is 23.0. The largest absolute Gasteiger partial charge is 0.393 e. The van der Waals surface area contributed by atoms with Gasteiger partial charge in [-0.1, -0.05) is 19.9 Å². The van der Waals surface area contributed by atoms with E-state index in [0.29, 0.717) is 25.5 Å². The molecule has 0 saturated carbocycles. The van der Waals surface area contributed by atoms with Gasteiger partial charge in [-0.2, -0.15) is 0 Å². The smallest absolute Gasteiger partial charge is 0.219 e. The van der Waals surface area contributed by atoms with Crippen molar-refractivity contribution in [2.24, 2.45) is 0 Å². The highest BCUT2D eigenvalue weighted by Crippen LogP contribution is 2.42. The highest BCUT2D eigenvalue weighted by molar-refractivity contribution is 6.11. The molecule has 0 unspecified atom stereocenters.